The predicted molar refractivity (Wildman–Crippen MR) is 239 cm³/mol. The minimum Gasteiger partial charge on any atom is -0.458 e. The maximum Gasteiger partial charge on any atom is 0.195 e. The van der Waals surface area contributed by atoms with Crippen molar-refractivity contribution in [2.45, 2.75) is 39.3 Å². The average molecular weight is 763 g/mol. The molecular formula is C49H42N2OSSi2. The number of benzene rings is 7. The Labute approximate surface area is 328 Å². The molecule has 0 amide bonds. The predicted octanol–water partition coefficient (Wildman–Crippen LogP) is 8.97. The molecule has 6 heteroatoms. The third kappa shape index (κ3) is 5.08. The topological polar surface area (TPSA) is 26.5 Å². The highest BCUT2D eigenvalue weighted by atomic mass is 32.1. The molecule has 55 heavy (non-hydrogen) atoms. The maximum atomic E-state index is 7.16. The molecule has 0 spiro atoms. The van der Waals surface area contributed by atoms with Crippen molar-refractivity contribution in [3.8, 4) is 22.6 Å². The second-order valence-corrected chi connectivity index (χ2v) is 25.5. The number of ether oxygens (including phenoxy) is 1. The fraction of sp³-hybridized carbons (Fsp3) is 0.122. The molecule has 0 aliphatic carbocycles. The van der Waals surface area contributed by atoms with Crippen LogP contribution >= 0.6 is 11.3 Å². The van der Waals surface area contributed by atoms with Crippen molar-refractivity contribution in [2.24, 2.45) is 0 Å². The Bertz CT molecular complexity index is 2880. The Morgan fingerprint density at radius 2 is 1.24 bits per heavy atom. The van der Waals surface area contributed by atoms with Crippen LogP contribution in [0, 0.1) is 0 Å². The molecular weight excluding hydrogens is 721 g/mol. The number of hydrogen-bond donors (Lipinski definition) is 0. The van der Waals surface area contributed by atoms with E-state index in [2.05, 4.69) is 202 Å². The fourth-order valence-corrected chi connectivity index (χ4v) is 18.0. The van der Waals surface area contributed by atoms with Gasteiger partial charge in [-0.3, -0.25) is 4.40 Å². The summed E-state index contributed by atoms with van der Waals surface area (Å²) in [6, 6.07) is 60.9. The number of rotatable bonds is 5. The molecule has 0 fully saturated rings. The molecule has 0 saturated carbocycles. The maximum absolute atomic E-state index is 7.16. The van der Waals surface area contributed by atoms with Gasteiger partial charge in [0.25, 0.3) is 0 Å². The first-order valence-electron chi connectivity index (χ1n) is 19.1. The smallest absolute Gasteiger partial charge is 0.195 e. The number of hydrogen-bond acceptors (Lipinski definition) is 3. The molecule has 268 valence electrons. The number of imidazole rings is 1. The standard InChI is InChI=1S/C49H42N2OSSi2/c1-49(2,3)38-32-35(30-31-36(38)37-22-16-24-40-46(37)50-48-51(40)39-23-12-14-26-42(39)53-48)55(33-18-8-6-9-19-33,34-20-10-7-11-21-34)45-29-17-28-44-47(45)52-41-25-13-15-27-43(41)54(44,4)5/h6-32H,1-5H3. The first kappa shape index (κ1) is 34.0. The van der Waals surface area contributed by atoms with E-state index >= 15 is 0 Å². The summed E-state index contributed by atoms with van der Waals surface area (Å²) in [5.74, 6) is 2.04. The van der Waals surface area contributed by atoms with Crippen molar-refractivity contribution in [1.29, 1.82) is 0 Å². The molecule has 9 aromatic rings. The third-order valence-electron chi connectivity index (χ3n) is 11.8. The normalized spacial score (nSPS) is 13.8. The van der Waals surface area contributed by atoms with Gasteiger partial charge in [-0.15, -0.1) is 0 Å². The molecule has 2 aromatic heterocycles. The van der Waals surface area contributed by atoms with Gasteiger partial charge in [-0.05, 0) is 71.9 Å². The molecule has 0 atom stereocenters. The van der Waals surface area contributed by atoms with E-state index in [1.807, 2.05) is 0 Å². The van der Waals surface area contributed by atoms with Crippen molar-refractivity contribution >= 4 is 84.8 Å². The molecule has 0 unspecified atom stereocenters. The molecule has 7 aromatic carbocycles. The molecule has 0 N–H and O–H groups in total. The quantitative estimate of drug-likeness (QED) is 0.129. The third-order valence-corrected chi connectivity index (χ3v) is 21.1. The average Bonchev–Trinajstić information content (AvgIpc) is 3.76. The molecule has 1 aliphatic rings. The summed E-state index contributed by atoms with van der Waals surface area (Å²) in [5.41, 5.74) is 6.95. The zero-order chi connectivity index (χ0) is 37.5. The Hall–Kier alpha value is -5.54. The first-order valence-corrected chi connectivity index (χ1v) is 25.0. The molecule has 10 rings (SSSR count). The Morgan fingerprint density at radius 3 is 1.98 bits per heavy atom. The van der Waals surface area contributed by atoms with E-state index in [0.717, 1.165) is 27.5 Å². The lowest BCUT2D eigenvalue weighted by molar-refractivity contribution is 0.490. The van der Waals surface area contributed by atoms with Gasteiger partial charge in [0, 0.05) is 5.56 Å². The van der Waals surface area contributed by atoms with Gasteiger partial charge < -0.3 is 4.74 Å². The summed E-state index contributed by atoms with van der Waals surface area (Å²) in [5, 5.41) is 8.04. The van der Waals surface area contributed by atoms with Crippen molar-refractivity contribution in [1.82, 2.24) is 9.38 Å². The fourth-order valence-electron chi connectivity index (χ4n) is 9.16. The van der Waals surface area contributed by atoms with E-state index in [1.54, 1.807) is 11.3 Å². The van der Waals surface area contributed by atoms with Crippen molar-refractivity contribution in [2.75, 3.05) is 0 Å². The summed E-state index contributed by atoms with van der Waals surface area (Å²) in [4.78, 5) is 6.35. The SMILES string of the molecule is CC(C)(C)c1cc([Si](c2ccccc2)(c2ccccc2)c2cccc3c2Oc2ccccc2[Si]3(C)C)ccc1-c1cccc2c1nc1sc3ccccc3n12. The highest BCUT2D eigenvalue weighted by Gasteiger charge is 2.47. The minimum absolute atomic E-state index is 0.161. The second kappa shape index (κ2) is 12.5. The molecule has 1 aliphatic heterocycles. The van der Waals surface area contributed by atoms with E-state index in [9.17, 15) is 0 Å². The molecule has 0 bridgehead atoms. The van der Waals surface area contributed by atoms with Crippen molar-refractivity contribution < 1.29 is 4.74 Å². The van der Waals surface area contributed by atoms with Gasteiger partial charge in [0.2, 0.25) is 0 Å². The van der Waals surface area contributed by atoms with Crippen LogP contribution in [0.5, 0.6) is 11.5 Å². The monoisotopic (exact) mass is 762 g/mol. The van der Waals surface area contributed by atoms with Gasteiger partial charge >= 0.3 is 0 Å². The molecule has 3 heterocycles. The van der Waals surface area contributed by atoms with E-state index < -0.39 is 16.1 Å². The van der Waals surface area contributed by atoms with Gasteiger partial charge in [0.15, 0.2) is 13.0 Å². The Balaban J connectivity index is 1.28. The highest BCUT2D eigenvalue weighted by Crippen LogP contribution is 2.39. The number of aromatic nitrogens is 2. The van der Waals surface area contributed by atoms with Crippen LogP contribution in [0.1, 0.15) is 26.3 Å². The molecule has 0 saturated heterocycles. The number of nitrogens with zero attached hydrogens (tertiary/aromatic N) is 2. The van der Waals surface area contributed by atoms with Gasteiger partial charge in [-0.1, -0.05) is 185 Å². The summed E-state index contributed by atoms with van der Waals surface area (Å²) >= 11 is 1.75. The second-order valence-electron chi connectivity index (χ2n) is 16.4. The van der Waals surface area contributed by atoms with Crippen LogP contribution in [0.3, 0.4) is 0 Å². The first-order chi connectivity index (χ1) is 26.7. The van der Waals surface area contributed by atoms with Crippen LogP contribution in [0.25, 0.3) is 37.3 Å². The van der Waals surface area contributed by atoms with Crippen molar-refractivity contribution in [3.05, 3.63) is 169 Å². The van der Waals surface area contributed by atoms with Crippen LogP contribution in [-0.2, 0) is 5.41 Å². The van der Waals surface area contributed by atoms with E-state index in [4.69, 9.17) is 9.72 Å². The van der Waals surface area contributed by atoms with Crippen LogP contribution in [0.4, 0.5) is 0 Å². The van der Waals surface area contributed by atoms with E-state index in [1.165, 1.54) is 58.0 Å². The van der Waals surface area contributed by atoms with Gasteiger partial charge in [-0.25, -0.2) is 4.98 Å². The lowest BCUT2D eigenvalue weighted by Gasteiger charge is -2.40. The summed E-state index contributed by atoms with van der Waals surface area (Å²) < 4.78 is 10.7. The zero-order valence-electron chi connectivity index (χ0n) is 31.8. The summed E-state index contributed by atoms with van der Waals surface area (Å²) in [6.07, 6.45) is 0. The number of para-hydroxylation sites is 4. The van der Waals surface area contributed by atoms with E-state index in [0.29, 0.717) is 0 Å². The molecule has 0 radical (unpaired) electrons. The lowest BCUT2D eigenvalue weighted by Crippen LogP contribution is -2.76. The zero-order valence-corrected chi connectivity index (χ0v) is 34.6. The minimum atomic E-state index is -3.02. The van der Waals surface area contributed by atoms with Crippen LogP contribution < -0.4 is 35.9 Å². The lowest BCUT2D eigenvalue weighted by atomic mass is 9.81. The Kier molecular flexibility index (Phi) is 7.72. The van der Waals surface area contributed by atoms with Crippen LogP contribution in [-0.4, -0.2) is 25.5 Å². The van der Waals surface area contributed by atoms with Gasteiger partial charge in [0.05, 0.1) is 21.3 Å². The number of fused-ring (bicyclic) bond motifs is 7. The largest absolute Gasteiger partial charge is 0.458 e. The van der Waals surface area contributed by atoms with Crippen LogP contribution in [0.2, 0.25) is 13.1 Å². The van der Waals surface area contributed by atoms with Crippen LogP contribution in [0.15, 0.2) is 164 Å². The Morgan fingerprint density at radius 1 is 0.600 bits per heavy atom. The highest BCUT2D eigenvalue weighted by molar-refractivity contribution is 7.23. The summed E-state index contributed by atoms with van der Waals surface area (Å²) in [7, 11) is -5.12. The summed E-state index contributed by atoms with van der Waals surface area (Å²) in [6.45, 7) is 12.0. The van der Waals surface area contributed by atoms with Gasteiger partial charge in [0.1, 0.15) is 19.6 Å². The van der Waals surface area contributed by atoms with Gasteiger partial charge in [-0.2, -0.15) is 0 Å². The van der Waals surface area contributed by atoms with E-state index in [-0.39, 0.29) is 5.41 Å². The van der Waals surface area contributed by atoms with Crippen molar-refractivity contribution in [3.63, 3.8) is 0 Å². The number of thiazole rings is 1. The molecule has 3 nitrogen and oxygen atoms in total.